The first-order valence-electron chi connectivity index (χ1n) is 3.99. The molecule has 0 aliphatic carbocycles. The van der Waals surface area contributed by atoms with E-state index in [1.165, 1.54) is 6.20 Å². The van der Waals surface area contributed by atoms with Crippen LogP contribution < -0.4 is 5.73 Å². The first-order valence-corrected chi connectivity index (χ1v) is 3.99. The average Bonchev–Trinajstić information content (AvgIpc) is 2.03. The third-order valence-corrected chi connectivity index (χ3v) is 1.53. The van der Waals surface area contributed by atoms with Crippen molar-refractivity contribution in [3.8, 4) is 0 Å². The van der Waals surface area contributed by atoms with Crippen molar-refractivity contribution in [2.75, 3.05) is 0 Å². The molecule has 1 unspecified atom stereocenters. The summed E-state index contributed by atoms with van der Waals surface area (Å²) in [4.78, 5) is 14.9. The van der Waals surface area contributed by atoms with Gasteiger partial charge in [0.2, 0.25) is 0 Å². The van der Waals surface area contributed by atoms with Crippen LogP contribution >= 0.6 is 0 Å². The van der Waals surface area contributed by atoms with Gasteiger partial charge in [-0.05, 0) is 13.0 Å². The van der Waals surface area contributed by atoms with Crippen LogP contribution in [-0.4, -0.2) is 16.8 Å². The highest BCUT2D eigenvalue weighted by atomic mass is 19.1. The van der Waals surface area contributed by atoms with Gasteiger partial charge in [0, 0.05) is 24.2 Å². The first kappa shape index (κ1) is 9.80. The van der Waals surface area contributed by atoms with Crippen LogP contribution in [0.3, 0.4) is 0 Å². The smallest absolute Gasteiger partial charge is 0.166 e. The SMILES string of the molecule is CC(N)CC(=O)c1cncc(F)c1. The average molecular weight is 182 g/mol. The minimum absolute atomic E-state index is 0.179. The Kier molecular flexibility index (Phi) is 3.08. The van der Waals surface area contributed by atoms with E-state index < -0.39 is 5.82 Å². The number of aromatic nitrogens is 1. The Morgan fingerprint density at radius 2 is 2.38 bits per heavy atom. The third kappa shape index (κ3) is 2.91. The highest BCUT2D eigenvalue weighted by Gasteiger charge is 2.09. The van der Waals surface area contributed by atoms with Crippen LogP contribution in [0.1, 0.15) is 23.7 Å². The number of nitrogens with zero attached hydrogens (tertiary/aromatic N) is 1. The standard InChI is InChI=1S/C9H11FN2O/c1-6(11)2-9(13)7-3-8(10)5-12-4-7/h3-6H,2,11H2,1H3. The minimum atomic E-state index is -0.504. The molecule has 1 aromatic rings. The summed E-state index contributed by atoms with van der Waals surface area (Å²) in [7, 11) is 0. The van der Waals surface area contributed by atoms with E-state index in [-0.39, 0.29) is 23.8 Å². The van der Waals surface area contributed by atoms with Crippen molar-refractivity contribution in [1.29, 1.82) is 0 Å². The van der Waals surface area contributed by atoms with E-state index >= 15 is 0 Å². The zero-order valence-electron chi connectivity index (χ0n) is 7.33. The van der Waals surface area contributed by atoms with Crippen LogP contribution in [0.5, 0.6) is 0 Å². The first-order chi connectivity index (χ1) is 6.09. The normalized spacial score (nSPS) is 12.5. The second-order valence-electron chi connectivity index (χ2n) is 3.00. The summed E-state index contributed by atoms with van der Waals surface area (Å²) >= 11 is 0. The van der Waals surface area contributed by atoms with E-state index in [0.29, 0.717) is 0 Å². The van der Waals surface area contributed by atoms with E-state index in [1.807, 2.05) is 0 Å². The second-order valence-corrected chi connectivity index (χ2v) is 3.00. The van der Waals surface area contributed by atoms with Gasteiger partial charge < -0.3 is 5.73 Å². The van der Waals surface area contributed by atoms with E-state index in [2.05, 4.69) is 4.98 Å². The van der Waals surface area contributed by atoms with E-state index in [4.69, 9.17) is 5.73 Å². The fourth-order valence-electron chi connectivity index (χ4n) is 0.975. The zero-order valence-corrected chi connectivity index (χ0v) is 7.33. The maximum atomic E-state index is 12.6. The zero-order chi connectivity index (χ0) is 9.84. The highest BCUT2D eigenvalue weighted by Crippen LogP contribution is 2.05. The van der Waals surface area contributed by atoms with Crippen molar-refractivity contribution >= 4 is 5.78 Å². The lowest BCUT2D eigenvalue weighted by atomic mass is 10.1. The van der Waals surface area contributed by atoms with Crippen LogP contribution in [0.2, 0.25) is 0 Å². The van der Waals surface area contributed by atoms with Crippen molar-refractivity contribution in [3.63, 3.8) is 0 Å². The summed E-state index contributed by atoms with van der Waals surface area (Å²) in [5.41, 5.74) is 5.71. The number of pyridine rings is 1. The Morgan fingerprint density at radius 3 is 2.92 bits per heavy atom. The Morgan fingerprint density at radius 1 is 1.69 bits per heavy atom. The molecule has 0 aromatic carbocycles. The van der Waals surface area contributed by atoms with Crippen molar-refractivity contribution in [3.05, 3.63) is 29.8 Å². The Hall–Kier alpha value is -1.29. The van der Waals surface area contributed by atoms with Gasteiger partial charge in [-0.1, -0.05) is 0 Å². The van der Waals surface area contributed by atoms with E-state index in [0.717, 1.165) is 12.3 Å². The van der Waals surface area contributed by atoms with Crippen LogP contribution in [0.15, 0.2) is 18.5 Å². The number of carbonyl (C=O) groups excluding carboxylic acids is 1. The molecule has 13 heavy (non-hydrogen) atoms. The lowest BCUT2D eigenvalue weighted by Gasteiger charge is -2.03. The van der Waals surface area contributed by atoms with Gasteiger partial charge in [-0.15, -0.1) is 0 Å². The summed E-state index contributed by atoms with van der Waals surface area (Å²) in [5, 5.41) is 0. The van der Waals surface area contributed by atoms with Gasteiger partial charge in [0.25, 0.3) is 0 Å². The summed E-state index contributed by atoms with van der Waals surface area (Å²) in [6, 6.07) is 0.952. The quantitative estimate of drug-likeness (QED) is 0.713. The molecule has 1 heterocycles. The lowest BCUT2D eigenvalue weighted by Crippen LogP contribution is -2.19. The third-order valence-electron chi connectivity index (χ3n) is 1.53. The van der Waals surface area contributed by atoms with Gasteiger partial charge in [0.1, 0.15) is 5.82 Å². The minimum Gasteiger partial charge on any atom is -0.328 e. The monoisotopic (exact) mass is 182 g/mol. The van der Waals surface area contributed by atoms with Crippen LogP contribution in [-0.2, 0) is 0 Å². The number of nitrogens with two attached hydrogens (primary N) is 1. The van der Waals surface area contributed by atoms with Gasteiger partial charge in [-0.25, -0.2) is 4.39 Å². The molecule has 0 amide bonds. The number of hydrogen-bond acceptors (Lipinski definition) is 3. The van der Waals surface area contributed by atoms with Gasteiger partial charge >= 0.3 is 0 Å². The highest BCUT2D eigenvalue weighted by molar-refractivity contribution is 5.96. The maximum Gasteiger partial charge on any atom is 0.166 e. The second kappa shape index (κ2) is 4.09. The summed E-state index contributed by atoms with van der Waals surface area (Å²) in [6.45, 7) is 1.73. The van der Waals surface area contributed by atoms with Gasteiger partial charge in [-0.2, -0.15) is 0 Å². The van der Waals surface area contributed by atoms with Crippen LogP contribution in [0, 0.1) is 5.82 Å². The number of hydrogen-bond donors (Lipinski definition) is 1. The number of ketones is 1. The van der Waals surface area contributed by atoms with E-state index in [9.17, 15) is 9.18 Å². The molecule has 0 fully saturated rings. The topological polar surface area (TPSA) is 56.0 Å². The maximum absolute atomic E-state index is 12.6. The molecule has 0 saturated carbocycles. The predicted octanol–water partition coefficient (Wildman–Crippen LogP) is 1.14. The van der Waals surface area contributed by atoms with Crippen LogP contribution in [0.25, 0.3) is 0 Å². The molecule has 1 rings (SSSR count). The van der Waals surface area contributed by atoms with Gasteiger partial charge in [0.15, 0.2) is 5.78 Å². The Bertz CT molecular complexity index is 312. The fraction of sp³-hybridized carbons (Fsp3) is 0.333. The van der Waals surface area contributed by atoms with Crippen LogP contribution in [0.4, 0.5) is 4.39 Å². The van der Waals surface area contributed by atoms with Crippen molar-refractivity contribution < 1.29 is 9.18 Å². The molecule has 70 valence electrons. The summed E-state index contributed by atoms with van der Waals surface area (Å²) in [6.07, 6.45) is 2.61. The largest absolute Gasteiger partial charge is 0.328 e. The number of halogens is 1. The molecule has 0 radical (unpaired) electrons. The van der Waals surface area contributed by atoms with E-state index in [1.54, 1.807) is 6.92 Å². The number of Topliss-reactive ketones (excluding diaryl/α,β-unsaturated/α-hetero) is 1. The van der Waals surface area contributed by atoms with Gasteiger partial charge in [0.05, 0.1) is 6.20 Å². The van der Waals surface area contributed by atoms with Gasteiger partial charge in [-0.3, -0.25) is 9.78 Å². The molecule has 0 bridgehead atoms. The lowest BCUT2D eigenvalue weighted by molar-refractivity contribution is 0.0976. The molecule has 0 saturated heterocycles. The molecular formula is C9H11FN2O. The molecule has 4 heteroatoms. The predicted molar refractivity (Wildman–Crippen MR) is 46.8 cm³/mol. The molecule has 2 N–H and O–H groups in total. The van der Waals surface area contributed by atoms with Crippen molar-refractivity contribution in [2.45, 2.75) is 19.4 Å². The molecule has 1 aromatic heterocycles. The number of carbonyl (C=O) groups is 1. The fourth-order valence-corrected chi connectivity index (χ4v) is 0.975. The summed E-state index contributed by atoms with van der Waals surface area (Å²) in [5.74, 6) is -0.683. The molecule has 1 atom stereocenters. The number of rotatable bonds is 3. The molecule has 0 aliphatic heterocycles. The van der Waals surface area contributed by atoms with Crippen molar-refractivity contribution in [2.24, 2.45) is 5.73 Å². The summed E-state index contributed by atoms with van der Waals surface area (Å²) < 4.78 is 12.6. The Labute approximate surface area is 75.8 Å². The van der Waals surface area contributed by atoms with Crippen molar-refractivity contribution in [1.82, 2.24) is 4.98 Å². The molecule has 0 aliphatic rings. The molecule has 3 nitrogen and oxygen atoms in total. The Balaban J connectivity index is 2.77. The molecular weight excluding hydrogens is 171 g/mol. The molecule has 0 spiro atoms.